The van der Waals surface area contributed by atoms with Gasteiger partial charge in [-0.3, -0.25) is 4.79 Å². The van der Waals surface area contributed by atoms with Gasteiger partial charge in [0.2, 0.25) is 5.91 Å². The number of carbonyl (C=O) groups excluding carboxylic acids is 1. The standard InChI is InChI=1S/C18H23N3OS2/c1-10-3-6-13-14(7-10)24-18-16(13)17(19-9-20-18)23-8-15(22)21-11(2)12-4-5-12/h9-12H,3-8H2,1-2H3,(H,21,22)/t10-,11+/m0/s1. The van der Waals surface area contributed by atoms with E-state index in [1.807, 2.05) is 11.3 Å². The van der Waals surface area contributed by atoms with Crippen molar-refractivity contribution in [1.29, 1.82) is 0 Å². The van der Waals surface area contributed by atoms with Crippen LogP contribution in [0.25, 0.3) is 10.2 Å². The first kappa shape index (κ1) is 16.3. The molecule has 2 aliphatic carbocycles. The highest BCUT2D eigenvalue weighted by atomic mass is 32.2. The van der Waals surface area contributed by atoms with Gasteiger partial charge < -0.3 is 5.32 Å². The molecular weight excluding hydrogens is 338 g/mol. The third-order valence-electron chi connectivity index (χ3n) is 5.11. The molecule has 0 bridgehead atoms. The molecule has 0 radical (unpaired) electrons. The van der Waals surface area contributed by atoms with Gasteiger partial charge in [0.1, 0.15) is 16.2 Å². The molecule has 1 fully saturated rings. The average molecular weight is 362 g/mol. The van der Waals surface area contributed by atoms with Crippen molar-refractivity contribution in [2.75, 3.05) is 5.75 Å². The molecule has 2 atom stereocenters. The summed E-state index contributed by atoms with van der Waals surface area (Å²) in [5.41, 5.74) is 1.43. The van der Waals surface area contributed by atoms with E-state index in [0.717, 1.165) is 28.6 Å². The van der Waals surface area contributed by atoms with Crippen molar-refractivity contribution in [1.82, 2.24) is 15.3 Å². The topological polar surface area (TPSA) is 54.9 Å². The van der Waals surface area contributed by atoms with Gasteiger partial charge in [0.05, 0.1) is 5.75 Å². The zero-order valence-corrected chi connectivity index (χ0v) is 15.8. The molecule has 0 aromatic carbocycles. The quantitative estimate of drug-likeness (QED) is 0.650. The Bertz CT molecular complexity index is 769. The molecule has 2 aromatic rings. The maximum absolute atomic E-state index is 12.2. The summed E-state index contributed by atoms with van der Waals surface area (Å²) in [6.07, 6.45) is 7.64. The third kappa shape index (κ3) is 3.31. The number of carbonyl (C=O) groups is 1. The summed E-state index contributed by atoms with van der Waals surface area (Å²) in [5.74, 6) is 1.99. The van der Waals surface area contributed by atoms with E-state index in [1.54, 1.807) is 18.1 Å². The number of nitrogens with one attached hydrogen (secondary N) is 1. The number of hydrogen-bond acceptors (Lipinski definition) is 5. The van der Waals surface area contributed by atoms with Gasteiger partial charge >= 0.3 is 0 Å². The van der Waals surface area contributed by atoms with Crippen LogP contribution in [0.15, 0.2) is 11.4 Å². The molecule has 2 aromatic heterocycles. The van der Waals surface area contributed by atoms with E-state index in [2.05, 4.69) is 29.1 Å². The summed E-state index contributed by atoms with van der Waals surface area (Å²) >= 11 is 3.36. The molecule has 0 saturated heterocycles. The first-order chi connectivity index (χ1) is 11.6. The third-order valence-corrected chi connectivity index (χ3v) is 7.27. The summed E-state index contributed by atoms with van der Waals surface area (Å²) in [6, 6.07) is 0.305. The highest BCUT2D eigenvalue weighted by Gasteiger charge is 2.29. The van der Waals surface area contributed by atoms with Crippen LogP contribution in [0.5, 0.6) is 0 Å². The van der Waals surface area contributed by atoms with Gasteiger partial charge in [0, 0.05) is 16.3 Å². The summed E-state index contributed by atoms with van der Waals surface area (Å²) in [5, 5.41) is 5.30. The lowest BCUT2D eigenvalue weighted by Gasteiger charge is -2.18. The van der Waals surface area contributed by atoms with Crippen LogP contribution in [0.4, 0.5) is 0 Å². The second kappa shape index (κ2) is 6.64. The summed E-state index contributed by atoms with van der Waals surface area (Å²) in [6.45, 7) is 4.43. The van der Waals surface area contributed by atoms with E-state index < -0.39 is 0 Å². The van der Waals surface area contributed by atoms with Crippen molar-refractivity contribution in [3.63, 3.8) is 0 Å². The Morgan fingerprint density at radius 3 is 3.04 bits per heavy atom. The summed E-state index contributed by atoms with van der Waals surface area (Å²) < 4.78 is 0. The minimum atomic E-state index is 0.115. The minimum absolute atomic E-state index is 0.115. The SMILES string of the molecule is C[C@H]1CCc2c(sc3ncnc(SCC(=O)N[C@H](C)C4CC4)c23)C1. The van der Waals surface area contributed by atoms with Crippen LogP contribution in [0.2, 0.25) is 0 Å². The molecule has 2 heterocycles. The van der Waals surface area contributed by atoms with Crippen LogP contribution in [0, 0.1) is 11.8 Å². The van der Waals surface area contributed by atoms with Crippen molar-refractivity contribution < 1.29 is 4.79 Å². The molecule has 128 valence electrons. The van der Waals surface area contributed by atoms with E-state index in [4.69, 9.17) is 0 Å². The molecule has 1 saturated carbocycles. The number of aromatic nitrogens is 2. The van der Waals surface area contributed by atoms with Crippen LogP contribution < -0.4 is 5.32 Å². The molecule has 24 heavy (non-hydrogen) atoms. The molecule has 6 heteroatoms. The number of rotatable bonds is 5. The van der Waals surface area contributed by atoms with Crippen LogP contribution in [-0.2, 0) is 17.6 Å². The number of thiophene rings is 1. The minimum Gasteiger partial charge on any atom is -0.353 e. The first-order valence-corrected chi connectivity index (χ1v) is 10.6. The van der Waals surface area contributed by atoms with E-state index in [9.17, 15) is 4.79 Å². The first-order valence-electron chi connectivity index (χ1n) is 8.79. The number of aryl methyl sites for hydroxylation is 1. The predicted molar refractivity (Wildman–Crippen MR) is 99.7 cm³/mol. The fraction of sp³-hybridized carbons (Fsp3) is 0.611. The molecule has 4 rings (SSSR count). The normalized spacial score (nSPS) is 21.5. The summed E-state index contributed by atoms with van der Waals surface area (Å²) in [7, 11) is 0. The van der Waals surface area contributed by atoms with Crippen molar-refractivity contribution in [3.8, 4) is 0 Å². The number of amides is 1. The van der Waals surface area contributed by atoms with Crippen LogP contribution in [0.3, 0.4) is 0 Å². The van der Waals surface area contributed by atoms with Gasteiger partial charge in [-0.25, -0.2) is 9.97 Å². The molecule has 0 unspecified atom stereocenters. The summed E-state index contributed by atoms with van der Waals surface area (Å²) in [4.78, 5) is 23.7. The highest BCUT2D eigenvalue weighted by Crippen LogP contribution is 2.40. The number of hydrogen-bond donors (Lipinski definition) is 1. The number of fused-ring (bicyclic) bond motifs is 3. The Morgan fingerprint density at radius 1 is 1.42 bits per heavy atom. The van der Waals surface area contributed by atoms with Crippen LogP contribution in [0.1, 0.15) is 43.6 Å². The average Bonchev–Trinajstić information content (AvgIpc) is 3.34. The zero-order valence-electron chi connectivity index (χ0n) is 14.2. The number of thioether (sulfide) groups is 1. The van der Waals surface area contributed by atoms with Gasteiger partial charge in [0.15, 0.2) is 0 Å². The van der Waals surface area contributed by atoms with Crippen LogP contribution in [-0.4, -0.2) is 27.7 Å². The van der Waals surface area contributed by atoms with Crippen LogP contribution >= 0.6 is 23.1 Å². The fourth-order valence-corrected chi connectivity index (χ4v) is 5.75. The van der Waals surface area contributed by atoms with E-state index >= 15 is 0 Å². The molecule has 0 aliphatic heterocycles. The lowest BCUT2D eigenvalue weighted by atomic mass is 9.89. The molecule has 1 amide bonds. The Hall–Kier alpha value is -1.14. The Kier molecular flexibility index (Phi) is 4.52. The van der Waals surface area contributed by atoms with Gasteiger partial charge in [-0.05, 0) is 56.4 Å². The van der Waals surface area contributed by atoms with Crippen molar-refractivity contribution in [2.24, 2.45) is 11.8 Å². The monoisotopic (exact) mass is 361 g/mol. The predicted octanol–water partition coefficient (Wildman–Crippen LogP) is 3.82. The zero-order chi connectivity index (χ0) is 16.7. The second-order valence-electron chi connectivity index (χ2n) is 7.19. The van der Waals surface area contributed by atoms with E-state index in [1.165, 1.54) is 35.1 Å². The largest absolute Gasteiger partial charge is 0.353 e. The maximum Gasteiger partial charge on any atom is 0.230 e. The van der Waals surface area contributed by atoms with Gasteiger partial charge in [-0.2, -0.15) is 0 Å². The van der Waals surface area contributed by atoms with Crippen molar-refractivity contribution in [3.05, 3.63) is 16.8 Å². The highest BCUT2D eigenvalue weighted by molar-refractivity contribution is 8.00. The molecule has 2 aliphatic rings. The lowest BCUT2D eigenvalue weighted by molar-refractivity contribution is -0.119. The maximum atomic E-state index is 12.2. The van der Waals surface area contributed by atoms with E-state index in [-0.39, 0.29) is 5.91 Å². The lowest BCUT2D eigenvalue weighted by Crippen LogP contribution is -2.35. The molecular formula is C18H23N3OS2. The van der Waals surface area contributed by atoms with Crippen molar-refractivity contribution in [2.45, 2.75) is 57.0 Å². The van der Waals surface area contributed by atoms with Crippen molar-refractivity contribution >= 4 is 39.2 Å². The van der Waals surface area contributed by atoms with Gasteiger partial charge in [-0.1, -0.05) is 18.7 Å². The fourth-order valence-electron chi connectivity index (χ4n) is 3.50. The number of nitrogens with zero attached hydrogens (tertiary/aromatic N) is 2. The molecule has 1 N–H and O–H groups in total. The Morgan fingerprint density at radius 2 is 2.25 bits per heavy atom. The Balaban J connectivity index is 1.50. The molecule has 4 nitrogen and oxygen atoms in total. The van der Waals surface area contributed by atoms with E-state index in [0.29, 0.717) is 17.7 Å². The smallest absolute Gasteiger partial charge is 0.230 e. The molecule has 0 spiro atoms. The Labute approximate surface area is 150 Å². The second-order valence-corrected chi connectivity index (χ2v) is 9.24. The van der Waals surface area contributed by atoms with Gasteiger partial charge in [-0.15, -0.1) is 11.3 Å². The van der Waals surface area contributed by atoms with Gasteiger partial charge in [0.25, 0.3) is 0 Å².